The fourth-order valence-corrected chi connectivity index (χ4v) is 5.53. The Morgan fingerprint density at radius 2 is 1.55 bits per heavy atom. The second-order valence-electron chi connectivity index (χ2n) is 9.04. The van der Waals surface area contributed by atoms with Gasteiger partial charge in [-0.15, -0.1) is 0 Å². The third-order valence-corrected chi connectivity index (χ3v) is 8.17. The molecule has 0 aliphatic carbocycles. The molecule has 228 valence electrons. The molecule has 0 radical (unpaired) electrons. The molecule has 0 aromatic heterocycles. The Bertz CT molecular complexity index is 1730. The monoisotopic (exact) mass is 636 g/mol. The van der Waals surface area contributed by atoms with Gasteiger partial charge in [-0.1, -0.05) is 41.9 Å². The highest BCUT2D eigenvalue weighted by atomic mass is 35.5. The van der Waals surface area contributed by atoms with E-state index in [2.05, 4.69) is 15.8 Å². The number of para-hydroxylation sites is 2. The zero-order valence-corrected chi connectivity index (χ0v) is 25.3. The normalized spacial score (nSPS) is 11.1. The minimum Gasteiger partial charge on any atom is -0.493 e. The van der Waals surface area contributed by atoms with Gasteiger partial charge in [0.05, 0.1) is 41.7 Å². The van der Waals surface area contributed by atoms with Gasteiger partial charge in [0.25, 0.3) is 21.8 Å². The quantitative estimate of drug-likeness (QED) is 0.160. The van der Waals surface area contributed by atoms with Gasteiger partial charge in [0.15, 0.2) is 18.1 Å². The number of carbonyl (C=O) groups is 2. The summed E-state index contributed by atoms with van der Waals surface area (Å²) in [5.41, 5.74) is 3.76. The van der Waals surface area contributed by atoms with Crippen LogP contribution in [-0.2, 0) is 19.6 Å². The highest BCUT2D eigenvalue weighted by molar-refractivity contribution is 7.92. The number of nitrogens with one attached hydrogen (secondary N) is 2. The molecule has 0 aliphatic rings. The molecule has 0 aliphatic heterocycles. The van der Waals surface area contributed by atoms with Crippen LogP contribution in [0.4, 0.5) is 11.4 Å². The van der Waals surface area contributed by atoms with E-state index in [-0.39, 0.29) is 28.8 Å². The molecule has 0 fully saturated rings. The maximum atomic E-state index is 13.6. The van der Waals surface area contributed by atoms with Crippen LogP contribution in [0.2, 0.25) is 5.02 Å². The first kappa shape index (κ1) is 31.9. The van der Waals surface area contributed by atoms with E-state index in [1.807, 2.05) is 0 Å². The Hall–Kier alpha value is -5.07. The average Bonchev–Trinajstić information content (AvgIpc) is 3.04. The van der Waals surface area contributed by atoms with E-state index in [0.717, 1.165) is 4.31 Å². The molecule has 0 bridgehead atoms. The van der Waals surface area contributed by atoms with Gasteiger partial charge in [0, 0.05) is 6.07 Å². The molecule has 0 saturated carbocycles. The summed E-state index contributed by atoms with van der Waals surface area (Å²) in [5, 5.41) is 7.05. The van der Waals surface area contributed by atoms with E-state index < -0.39 is 22.5 Å². The molecule has 13 heteroatoms. The first-order valence-electron chi connectivity index (χ1n) is 13.1. The van der Waals surface area contributed by atoms with Crippen LogP contribution in [0.1, 0.15) is 5.56 Å². The molecule has 4 rings (SSSR count). The van der Waals surface area contributed by atoms with Crippen molar-refractivity contribution in [3.8, 4) is 17.2 Å². The van der Waals surface area contributed by atoms with Crippen molar-refractivity contribution in [3.05, 3.63) is 108 Å². The first-order chi connectivity index (χ1) is 21.2. The number of rotatable bonds is 13. The Balaban J connectivity index is 1.37. The fraction of sp³-hybridized carbons (Fsp3) is 0.129. The number of benzene rings is 4. The van der Waals surface area contributed by atoms with Gasteiger partial charge in [-0.2, -0.15) is 5.10 Å². The van der Waals surface area contributed by atoms with Gasteiger partial charge < -0.3 is 19.5 Å². The summed E-state index contributed by atoms with van der Waals surface area (Å²) in [6, 6.07) is 25.9. The van der Waals surface area contributed by atoms with Crippen LogP contribution in [0.25, 0.3) is 0 Å². The van der Waals surface area contributed by atoms with Crippen molar-refractivity contribution in [3.63, 3.8) is 0 Å². The minimum atomic E-state index is -4.18. The number of ether oxygens (including phenoxy) is 3. The molecular formula is C31H29ClN4O7S. The van der Waals surface area contributed by atoms with Crippen LogP contribution in [0.3, 0.4) is 0 Å². The van der Waals surface area contributed by atoms with E-state index in [9.17, 15) is 18.0 Å². The molecular weight excluding hydrogens is 608 g/mol. The summed E-state index contributed by atoms with van der Waals surface area (Å²) in [6.45, 7) is -0.764. The number of hydrogen-bond donors (Lipinski definition) is 2. The highest BCUT2D eigenvalue weighted by Gasteiger charge is 2.28. The molecule has 2 amide bonds. The van der Waals surface area contributed by atoms with E-state index in [0.29, 0.717) is 27.8 Å². The fourth-order valence-electron chi connectivity index (χ4n) is 3.91. The maximum Gasteiger partial charge on any atom is 0.264 e. The van der Waals surface area contributed by atoms with Crippen molar-refractivity contribution in [2.75, 3.05) is 37.0 Å². The number of halogens is 1. The lowest BCUT2D eigenvalue weighted by Gasteiger charge is -2.24. The molecule has 4 aromatic carbocycles. The number of hydrazone groups is 1. The second kappa shape index (κ2) is 14.9. The SMILES string of the molecule is COc1ccc(S(=O)(=O)N(CC(=O)N/N=C\c2ccc(OCC(=O)Nc3ccccc3Cl)cc2)c2ccccc2)cc1OC. The molecule has 0 spiro atoms. The van der Waals surface area contributed by atoms with Gasteiger partial charge >= 0.3 is 0 Å². The van der Waals surface area contributed by atoms with Gasteiger partial charge in [-0.25, -0.2) is 13.8 Å². The summed E-state index contributed by atoms with van der Waals surface area (Å²) in [6.07, 6.45) is 1.39. The molecule has 0 unspecified atom stereocenters. The minimum absolute atomic E-state index is 0.0843. The van der Waals surface area contributed by atoms with Crippen molar-refractivity contribution in [1.82, 2.24) is 5.43 Å². The predicted octanol–water partition coefficient (Wildman–Crippen LogP) is 4.72. The van der Waals surface area contributed by atoms with E-state index in [1.54, 1.807) is 78.9 Å². The van der Waals surface area contributed by atoms with Crippen LogP contribution in [-0.4, -0.2) is 53.8 Å². The van der Waals surface area contributed by atoms with Crippen molar-refractivity contribution >= 4 is 51.0 Å². The lowest BCUT2D eigenvalue weighted by Crippen LogP contribution is -2.39. The van der Waals surface area contributed by atoms with Crippen LogP contribution in [0.5, 0.6) is 17.2 Å². The lowest BCUT2D eigenvalue weighted by molar-refractivity contribution is -0.119. The Morgan fingerprint density at radius 3 is 2.23 bits per heavy atom. The zero-order valence-electron chi connectivity index (χ0n) is 23.8. The first-order valence-corrected chi connectivity index (χ1v) is 14.9. The molecule has 4 aromatic rings. The van der Waals surface area contributed by atoms with E-state index >= 15 is 0 Å². The number of amides is 2. The lowest BCUT2D eigenvalue weighted by atomic mass is 10.2. The Morgan fingerprint density at radius 1 is 0.864 bits per heavy atom. The highest BCUT2D eigenvalue weighted by Crippen LogP contribution is 2.32. The number of carbonyl (C=O) groups excluding carboxylic acids is 2. The van der Waals surface area contributed by atoms with Crippen LogP contribution >= 0.6 is 11.6 Å². The number of hydrogen-bond acceptors (Lipinski definition) is 8. The summed E-state index contributed by atoms with van der Waals surface area (Å²) >= 11 is 6.05. The van der Waals surface area contributed by atoms with E-state index in [1.165, 1.54) is 38.6 Å². The molecule has 2 N–H and O–H groups in total. The number of sulfonamides is 1. The maximum absolute atomic E-state index is 13.6. The molecule has 44 heavy (non-hydrogen) atoms. The number of methoxy groups -OCH3 is 2. The Kier molecular flexibility index (Phi) is 10.8. The van der Waals surface area contributed by atoms with Gasteiger partial charge in [-0.3, -0.25) is 13.9 Å². The number of anilines is 2. The van der Waals surface area contributed by atoms with Gasteiger partial charge in [0.2, 0.25) is 0 Å². The topological polar surface area (TPSA) is 136 Å². The summed E-state index contributed by atoms with van der Waals surface area (Å²) in [4.78, 5) is 24.9. The van der Waals surface area contributed by atoms with Crippen LogP contribution < -0.4 is 29.3 Å². The summed E-state index contributed by atoms with van der Waals surface area (Å²) in [5.74, 6) is -0.00197. The predicted molar refractivity (Wildman–Crippen MR) is 168 cm³/mol. The molecule has 0 saturated heterocycles. The summed E-state index contributed by atoms with van der Waals surface area (Å²) < 4.78 is 44.2. The largest absolute Gasteiger partial charge is 0.493 e. The van der Waals surface area contributed by atoms with Crippen molar-refractivity contribution < 1.29 is 32.2 Å². The van der Waals surface area contributed by atoms with Crippen molar-refractivity contribution in [2.45, 2.75) is 4.90 Å². The average molecular weight is 637 g/mol. The van der Waals surface area contributed by atoms with Gasteiger partial charge in [0.1, 0.15) is 12.3 Å². The Labute approximate surface area is 260 Å². The molecule has 0 atom stereocenters. The van der Waals surface area contributed by atoms with Crippen LogP contribution in [0, 0.1) is 0 Å². The van der Waals surface area contributed by atoms with E-state index in [4.69, 9.17) is 25.8 Å². The number of nitrogens with zero attached hydrogens (tertiary/aromatic N) is 2. The third kappa shape index (κ3) is 8.27. The molecule has 0 heterocycles. The third-order valence-electron chi connectivity index (χ3n) is 6.08. The van der Waals surface area contributed by atoms with Crippen molar-refractivity contribution in [2.24, 2.45) is 5.10 Å². The van der Waals surface area contributed by atoms with Gasteiger partial charge in [-0.05, 0) is 66.2 Å². The molecule has 11 nitrogen and oxygen atoms in total. The van der Waals surface area contributed by atoms with Crippen molar-refractivity contribution in [1.29, 1.82) is 0 Å². The standard InChI is InChI=1S/C31H29ClN4O7S/c1-41-28-17-16-25(18-29(28)42-2)44(39,40)36(23-8-4-3-5-9-23)20-30(37)35-33-19-22-12-14-24(15-13-22)43-21-31(38)34-27-11-7-6-10-26(27)32/h3-19H,20-21H2,1-2H3,(H,34,38)(H,35,37)/b33-19-. The summed E-state index contributed by atoms with van der Waals surface area (Å²) in [7, 11) is -1.34. The zero-order chi connectivity index (χ0) is 31.5. The second-order valence-corrected chi connectivity index (χ2v) is 11.3. The van der Waals surface area contributed by atoms with Crippen LogP contribution in [0.15, 0.2) is 107 Å². The smallest absolute Gasteiger partial charge is 0.264 e.